The van der Waals surface area contributed by atoms with Gasteiger partial charge in [0.25, 0.3) is 0 Å². The summed E-state index contributed by atoms with van der Waals surface area (Å²) in [5.41, 5.74) is -0.0663. The number of hydrazine groups is 1. The van der Waals surface area contributed by atoms with Crippen molar-refractivity contribution in [3.63, 3.8) is 0 Å². The van der Waals surface area contributed by atoms with E-state index in [9.17, 15) is 4.79 Å². The normalized spacial score (nSPS) is 10.2. The number of pyridine rings is 1. The van der Waals surface area contributed by atoms with Crippen molar-refractivity contribution >= 4 is 24.2 Å². The number of carbonyl (C=O) groups is 1. The first-order valence-electron chi connectivity index (χ1n) is 4.58. The van der Waals surface area contributed by atoms with Gasteiger partial charge < -0.3 is 4.74 Å². The van der Waals surface area contributed by atoms with E-state index in [1.54, 1.807) is 39.1 Å². The molecule has 0 aliphatic rings. The lowest BCUT2D eigenvalue weighted by Gasteiger charge is -2.23. The lowest BCUT2D eigenvalue weighted by Crippen LogP contribution is -2.41. The topological polar surface area (TPSA) is 68.5 Å². The van der Waals surface area contributed by atoms with E-state index in [-0.39, 0.29) is 12.4 Å². The highest BCUT2D eigenvalue weighted by Gasteiger charge is 2.20. The molecule has 1 heterocycles. The number of nitrogens with two attached hydrogens (primary N) is 1. The molecule has 0 aromatic carbocycles. The molecule has 5 nitrogen and oxygen atoms in total. The summed E-state index contributed by atoms with van der Waals surface area (Å²) in [5, 5.41) is 0.929. The molecule has 90 valence electrons. The second-order valence-electron chi connectivity index (χ2n) is 4.06. The quantitative estimate of drug-likeness (QED) is 0.468. The minimum absolute atomic E-state index is 0. The standard InChI is InChI=1S/C10H15N3O2.ClH/c1-10(2,3)15-9(14)13(11)8-5-4-6-12-7-8;/h4-7H,11H2,1-3H3;1H. The van der Waals surface area contributed by atoms with E-state index in [1.165, 1.54) is 6.20 Å². The number of rotatable bonds is 1. The smallest absolute Gasteiger partial charge is 0.429 e. The number of carbonyl (C=O) groups excluding carboxylic acids is 1. The largest absolute Gasteiger partial charge is 0.442 e. The molecule has 0 saturated heterocycles. The first-order valence-corrected chi connectivity index (χ1v) is 4.58. The second kappa shape index (κ2) is 5.67. The van der Waals surface area contributed by atoms with Gasteiger partial charge in [-0.1, -0.05) is 0 Å². The summed E-state index contributed by atoms with van der Waals surface area (Å²) in [7, 11) is 0. The molecule has 0 bridgehead atoms. The zero-order valence-electron chi connectivity index (χ0n) is 9.51. The molecule has 16 heavy (non-hydrogen) atoms. The summed E-state index contributed by atoms with van der Waals surface area (Å²) in [5.74, 6) is 5.56. The molecule has 6 heteroatoms. The Labute approximate surface area is 101 Å². The Morgan fingerprint density at radius 1 is 1.50 bits per heavy atom. The molecule has 0 radical (unpaired) electrons. The van der Waals surface area contributed by atoms with E-state index >= 15 is 0 Å². The predicted octanol–water partition coefficient (Wildman–Crippen LogP) is 2.12. The van der Waals surface area contributed by atoms with Crippen molar-refractivity contribution < 1.29 is 9.53 Å². The van der Waals surface area contributed by atoms with Crippen LogP contribution in [0.4, 0.5) is 10.5 Å². The molecule has 1 aromatic heterocycles. The Kier molecular flexibility index (Phi) is 5.20. The van der Waals surface area contributed by atoms with Crippen LogP contribution in [0.3, 0.4) is 0 Å². The van der Waals surface area contributed by atoms with E-state index in [1.807, 2.05) is 0 Å². The fourth-order valence-corrected chi connectivity index (χ4v) is 0.913. The van der Waals surface area contributed by atoms with Crippen LogP contribution in [0, 0.1) is 0 Å². The SMILES string of the molecule is CC(C)(C)OC(=O)N(N)c1cccnc1.Cl. The van der Waals surface area contributed by atoms with E-state index in [0.717, 1.165) is 5.01 Å². The Bertz CT molecular complexity index is 338. The van der Waals surface area contributed by atoms with Crippen LogP contribution in [0.5, 0.6) is 0 Å². The van der Waals surface area contributed by atoms with Crippen molar-refractivity contribution in [2.45, 2.75) is 26.4 Å². The lowest BCUT2D eigenvalue weighted by molar-refractivity contribution is 0.0580. The van der Waals surface area contributed by atoms with Crippen LogP contribution in [0.1, 0.15) is 20.8 Å². The average molecular weight is 246 g/mol. The van der Waals surface area contributed by atoms with Crippen molar-refractivity contribution in [3.8, 4) is 0 Å². The fraction of sp³-hybridized carbons (Fsp3) is 0.400. The number of halogens is 1. The third kappa shape index (κ3) is 4.46. The van der Waals surface area contributed by atoms with Crippen molar-refractivity contribution in [1.29, 1.82) is 0 Å². The summed E-state index contributed by atoms with van der Waals surface area (Å²) in [4.78, 5) is 15.4. The molecule has 0 aliphatic carbocycles. The maximum absolute atomic E-state index is 11.5. The van der Waals surface area contributed by atoms with Gasteiger partial charge in [0.1, 0.15) is 5.60 Å². The number of aromatic nitrogens is 1. The molecular formula is C10H16ClN3O2. The summed E-state index contributed by atoms with van der Waals surface area (Å²) >= 11 is 0. The third-order valence-corrected chi connectivity index (χ3v) is 1.51. The Morgan fingerprint density at radius 2 is 2.12 bits per heavy atom. The van der Waals surface area contributed by atoms with Gasteiger partial charge in [0.15, 0.2) is 0 Å². The van der Waals surface area contributed by atoms with Crippen LogP contribution in [-0.4, -0.2) is 16.7 Å². The number of ether oxygens (including phenoxy) is 1. The predicted molar refractivity (Wildman–Crippen MR) is 64.4 cm³/mol. The number of nitrogens with zero attached hydrogens (tertiary/aromatic N) is 2. The Balaban J connectivity index is 0.00000225. The molecular weight excluding hydrogens is 230 g/mol. The summed E-state index contributed by atoms with van der Waals surface area (Å²) in [6.07, 6.45) is 2.49. The first-order chi connectivity index (χ1) is 6.90. The fourth-order valence-electron chi connectivity index (χ4n) is 0.913. The monoisotopic (exact) mass is 245 g/mol. The second-order valence-corrected chi connectivity index (χ2v) is 4.06. The molecule has 0 aliphatic heterocycles. The van der Waals surface area contributed by atoms with Gasteiger partial charge in [0.05, 0.1) is 11.9 Å². The van der Waals surface area contributed by atoms with Gasteiger partial charge in [-0.15, -0.1) is 12.4 Å². The summed E-state index contributed by atoms with van der Waals surface area (Å²) < 4.78 is 5.09. The van der Waals surface area contributed by atoms with E-state index < -0.39 is 11.7 Å². The lowest BCUT2D eigenvalue weighted by atomic mass is 10.2. The molecule has 1 amide bonds. The maximum atomic E-state index is 11.5. The van der Waals surface area contributed by atoms with Crippen molar-refractivity contribution in [3.05, 3.63) is 24.5 Å². The van der Waals surface area contributed by atoms with Crippen molar-refractivity contribution in [2.24, 2.45) is 5.84 Å². The van der Waals surface area contributed by atoms with E-state index in [0.29, 0.717) is 5.69 Å². The van der Waals surface area contributed by atoms with Gasteiger partial charge in [-0.3, -0.25) is 4.98 Å². The maximum Gasteiger partial charge on any atom is 0.429 e. The van der Waals surface area contributed by atoms with Crippen molar-refractivity contribution in [1.82, 2.24) is 4.98 Å². The van der Waals surface area contributed by atoms with Gasteiger partial charge in [-0.2, -0.15) is 0 Å². The van der Waals surface area contributed by atoms with Gasteiger partial charge >= 0.3 is 6.09 Å². The van der Waals surface area contributed by atoms with Gasteiger partial charge in [0, 0.05) is 6.20 Å². The Morgan fingerprint density at radius 3 is 2.56 bits per heavy atom. The average Bonchev–Trinajstić information content (AvgIpc) is 2.15. The van der Waals surface area contributed by atoms with Crippen LogP contribution in [0.2, 0.25) is 0 Å². The van der Waals surface area contributed by atoms with Gasteiger partial charge in [-0.25, -0.2) is 15.6 Å². The zero-order chi connectivity index (χ0) is 11.5. The molecule has 1 aromatic rings. The van der Waals surface area contributed by atoms with E-state index in [2.05, 4.69) is 4.98 Å². The molecule has 2 N–H and O–H groups in total. The molecule has 0 atom stereocenters. The minimum atomic E-state index is -0.601. The highest BCUT2D eigenvalue weighted by atomic mass is 35.5. The first kappa shape index (κ1) is 14.7. The summed E-state index contributed by atoms with van der Waals surface area (Å²) in [6.45, 7) is 5.34. The minimum Gasteiger partial charge on any atom is -0.442 e. The van der Waals surface area contributed by atoms with Crippen LogP contribution in [0.25, 0.3) is 0 Å². The summed E-state index contributed by atoms with van der Waals surface area (Å²) in [6, 6.07) is 3.37. The van der Waals surface area contributed by atoms with Crippen molar-refractivity contribution in [2.75, 3.05) is 5.01 Å². The molecule has 1 rings (SSSR count). The van der Waals surface area contributed by atoms with Crippen LogP contribution < -0.4 is 10.9 Å². The molecule has 0 spiro atoms. The van der Waals surface area contributed by atoms with E-state index in [4.69, 9.17) is 10.6 Å². The Hall–Kier alpha value is -1.33. The number of amides is 1. The molecule has 0 fully saturated rings. The highest BCUT2D eigenvalue weighted by molar-refractivity contribution is 5.86. The van der Waals surface area contributed by atoms with Crippen LogP contribution >= 0.6 is 12.4 Å². The van der Waals surface area contributed by atoms with Gasteiger partial charge in [-0.05, 0) is 32.9 Å². The van der Waals surface area contributed by atoms with Gasteiger partial charge in [0.2, 0.25) is 0 Å². The van der Waals surface area contributed by atoms with Crippen LogP contribution in [0.15, 0.2) is 24.5 Å². The third-order valence-electron chi connectivity index (χ3n) is 1.51. The number of anilines is 1. The molecule has 0 unspecified atom stereocenters. The molecule has 0 saturated carbocycles. The number of hydrogen-bond acceptors (Lipinski definition) is 4. The number of hydrogen-bond donors (Lipinski definition) is 1. The van der Waals surface area contributed by atoms with Crippen LogP contribution in [-0.2, 0) is 4.74 Å². The zero-order valence-corrected chi connectivity index (χ0v) is 10.3. The highest BCUT2D eigenvalue weighted by Crippen LogP contribution is 2.13.